The number of halogens is 2. The van der Waals surface area contributed by atoms with Crippen molar-refractivity contribution in [2.45, 2.75) is 6.42 Å². The molecule has 5 nitrogen and oxygen atoms in total. The van der Waals surface area contributed by atoms with E-state index < -0.39 is 5.92 Å². The molecule has 1 aromatic heterocycles. The molecule has 1 aliphatic heterocycles. The maximum absolute atomic E-state index is 11.9. The molecule has 0 N–H and O–H groups in total. The number of hydrogen-bond acceptors (Lipinski definition) is 4. The molecular weight excluding hydrogens is 323 g/mol. The predicted molar refractivity (Wildman–Crippen MR) is 69.4 cm³/mol. The Morgan fingerprint density at radius 1 is 1.61 bits per heavy atom. The standard InChI is InChI=1S/C11H10BrClN2O3/c1-18-11(17)6-4-9(16)15(5-6)7-2-3-8(13)14-10(7)12/h2-3,6H,4-5H2,1H3. The van der Waals surface area contributed by atoms with Gasteiger partial charge in [0.2, 0.25) is 5.91 Å². The summed E-state index contributed by atoms with van der Waals surface area (Å²) >= 11 is 9.00. The van der Waals surface area contributed by atoms with Crippen LogP contribution in [0.25, 0.3) is 0 Å². The minimum atomic E-state index is -0.426. The first-order valence-corrected chi connectivity index (χ1v) is 6.40. The van der Waals surface area contributed by atoms with E-state index in [0.29, 0.717) is 22.0 Å². The van der Waals surface area contributed by atoms with Crippen molar-refractivity contribution in [1.82, 2.24) is 4.98 Å². The van der Waals surface area contributed by atoms with Gasteiger partial charge in [-0.1, -0.05) is 11.6 Å². The van der Waals surface area contributed by atoms with Crippen molar-refractivity contribution >= 4 is 45.1 Å². The number of nitrogens with zero attached hydrogens (tertiary/aromatic N) is 2. The van der Waals surface area contributed by atoms with Crippen molar-refractivity contribution in [1.29, 1.82) is 0 Å². The van der Waals surface area contributed by atoms with Gasteiger partial charge in [-0.15, -0.1) is 0 Å². The summed E-state index contributed by atoms with van der Waals surface area (Å²) in [4.78, 5) is 28.8. The minimum absolute atomic E-state index is 0.129. The van der Waals surface area contributed by atoms with E-state index in [2.05, 4.69) is 25.7 Å². The largest absolute Gasteiger partial charge is 0.469 e. The van der Waals surface area contributed by atoms with Gasteiger partial charge in [0.1, 0.15) is 9.76 Å². The number of hydrogen-bond donors (Lipinski definition) is 0. The zero-order valence-corrected chi connectivity index (χ0v) is 11.9. The molecule has 2 heterocycles. The number of pyridine rings is 1. The smallest absolute Gasteiger partial charge is 0.311 e. The molecule has 0 aliphatic carbocycles. The summed E-state index contributed by atoms with van der Waals surface area (Å²) in [7, 11) is 1.31. The Hall–Kier alpha value is -1.14. The van der Waals surface area contributed by atoms with Crippen LogP contribution in [0.4, 0.5) is 5.69 Å². The summed E-state index contributed by atoms with van der Waals surface area (Å²) in [5, 5.41) is 0.335. The van der Waals surface area contributed by atoms with Gasteiger partial charge in [0.25, 0.3) is 0 Å². The summed E-state index contributed by atoms with van der Waals surface area (Å²) in [6, 6.07) is 3.29. The topological polar surface area (TPSA) is 59.5 Å². The van der Waals surface area contributed by atoms with E-state index in [0.717, 1.165) is 0 Å². The second-order valence-corrected chi connectivity index (χ2v) is 5.01. The highest BCUT2D eigenvalue weighted by atomic mass is 79.9. The lowest BCUT2D eigenvalue weighted by Gasteiger charge is -2.17. The van der Waals surface area contributed by atoms with Gasteiger partial charge in [-0.2, -0.15) is 0 Å². The Labute approximate surface area is 117 Å². The fourth-order valence-corrected chi connectivity index (χ4v) is 2.66. The van der Waals surface area contributed by atoms with Crippen LogP contribution in [0.3, 0.4) is 0 Å². The predicted octanol–water partition coefficient (Wildman–Crippen LogP) is 2.02. The van der Waals surface area contributed by atoms with Crippen molar-refractivity contribution in [3.8, 4) is 0 Å². The molecule has 0 radical (unpaired) electrons. The molecular formula is C11H10BrClN2O3. The summed E-state index contributed by atoms with van der Waals surface area (Å²) in [6.45, 7) is 0.299. The maximum Gasteiger partial charge on any atom is 0.311 e. The molecule has 1 aliphatic rings. The SMILES string of the molecule is COC(=O)C1CC(=O)N(c2ccc(Cl)nc2Br)C1. The number of carbonyl (C=O) groups excluding carboxylic acids is 2. The fraction of sp³-hybridized carbons (Fsp3) is 0.364. The van der Waals surface area contributed by atoms with Gasteiger partial charge in [-0.05, 0) is 28.1 Å². The fourth-order valence-electron chi connectivity index (χ4n) is 1.87. The van der Waals surface area contributed by atoms with Crippen molar-refractivity contribution in [2.75, 3.05) is 18.6 Å². The van der Waals surface area contributed by atoms with E-state index in [9.17, 15) is 9.59 Å². The zero-order valence-electron chi connectivity index (χ0n) is 9.52. The molecule has 2 rings (SSSR count). The number of amides is 1. The molecule has 1 unspecified atom stereocenters. The van der Waals surface area contributed by atoms with Crippen LogP contribution in [0.1, 0.15) is 6.42 Å². The van der Waals surface area contributed by atoms with Crippen LogP contribution in [-0.4, -0.2) is 30.5 Å². The van der Waals surface area contributed by atoms with Crippen molar-refractivity contribution in [3.63, 3.8) is 0 Å². The van der Waals surface area contributed by atoms with Crippen LogP contribution in [0.5, 0.6) is 0 Å². The van der Waals surface area contributed by atoms with E-state index in [-0.39, 0.29) is 18.3 Å². The molecule has 7 heteroatoms. The number of anilines is 1. The number of methoxy groups -OCH3 is 1. The molecule has 1 atom stereocenters. The van der Waals surface area contributed by atoms with Crippen molar-refractivity contribution in [2.24, 2.45) is 5.92 Å². The van der Waals surface area contributed by atoms with E-state index in [1.807, 2.05) is 0 Å². The van der Waals surface area contributed by atoms with Gasteiger partial charge in [0.15, 0.2) is 0 Å². The molecule has 0 aromatic carbocycles. The summed E-state index contributed by atoms with van der Waals surface area (Å²) in [6.07, 6.45) is 0.155. The highest BCUT2D eigenvalue weighted by Gasteiger charge is 2.36. The lowest BCUT2D eigenvalue weighted by Crippen LogP contribution is -2.26. The second kappa shape index (κ2) is 5.24. The highest BCUT2D eigenvalue weighted by Crippen LogP contribution is 2.31. The highest BCUT2D eigenvalue weighted by molar-refractivity contribution is 9.10. The molecule has 1 amide bonds. The molecule has 1 aromatic rings. The average Bonchev–Trinajstić information content (AvgIpc) is 2.70. The van der Waals surface area contributed by atoms with Gasteiger partial charge >= 0.3 is 5.97 Å². The van der Waals surface area contributed by atoms with Crippen LogP contribution >= 0.6 is 27.5 Å². The van der Waals surface area contributed by atoms with E-state index >= 15 is 0 Å². The van der Waals surface area contributed by atoms with Gasteiger partial charge in [-0.3, -0.25) is 9.59 Å². The zero-order chi connectivity index (χ0) is 13.3. The Morgan fingerprint density at radius 2 is 2.33 bits per heavy atom. The molecule has 0 saturated carbocycles. The van der Waals surface area contributed by atoms with Crippen molar-refractivity contribution in [3.05, 3.63) is 21.9 Å². The Morgan fingerprint density at radius 3 is 2.94 bits per heavy atom. The molecule has 18 heavy (non-hydrogen) atoms. The summed E-state index contributed by atoms with van der Waals surface area (Å²) in [5.41, 5.74) is 0.607. The third-order valence-corrected chi connectivity index (χ3v) is 3.54. The van der Waals surface area contributed by atoms with Gasteiger partial charge in [0, 0.05) is 13.0 Å². The third-order valence-electron chi connectivity index (χ3n) is 2.75. The lowest BCUT2D eigenvalue weighted by molar-refractivity contribution is -0.145. The molecule has 1 saturated heterocycles. The first-order chi connectivity index (χ1) is 8.52. The number of ether oxygens (including phenoxy) is 1. The van der Waals surface area contributed by atoms with Crippen molar-refractivity contribution < 1.29 is 14.3 Å². The first kappa shape index (κ1) is 13.3. The monoisotopic (exact) mass is 332 g/mol. The van der Waals surface area contributed by atoms with E-state index in [1.54, 1.807) is 12.1 Å². The number of rotatable bonds is 2. The van der Waals surface area contributed by atoms with Crippen LogP contribution in [0.2, 0.25) is 5.15 Å². The van der Waals surface area contributed by atoms with Gasteiger partial charge < -0.3 is 9.64 Å². The van der Waals surface area contributed by atoms with Gasteiger partial charge in [-0.25, -0.2) is 4.98 Å². The number of esters is 1. The van der Waals surface area contributed by atoms with Crippen LogP contribution in [0.15, 0.2) is 16.7 Å². The summed E-state index contributed by atoms with van der Waals surface area (Å²) < 4.78 is 5.13. The Bertz CT molecular complexity index is 509. The second-order valence-electron chi connectivity index (χ2n) is 3.87. The normalized spacial score (nSPS) is 19.2. The van der Waals surface area contributed by atoms with E-state index in [4.69, 9.17) is 11.6 Å². The van der Waals surface area contributed by atoms with Gasteiger partial charge in [0.05, 0.1) is 18.7 Å². The number of carbonyl (C=O) groups is 2. The molecule has 0 spiro atoms. The number of aromatic nitrogens is 1. The van der Waals surface area contributed by atoms with Crippen LogP contribution < -0.4 is 4.90 Å². The quantitative estimate of drug-likeness (QED) is 0.614. The third kappa shape index (κ3) is 2.49. The molecule has 1 fully saturated rings. The molecule has 0 bridgehead atoms. The van der Waals surface area contributed by atoms with Crippen LogP contribution in [-0.2, 0) is 14.3 Å². The maximum atomic E-state index is 11.9. The lowest BCUT2D eigenvalue weighted by atomic mass is 10.1. The first-order valence-electron chi connectivity index (χ1n) is 5.23. The summed E-state index contributed by atoms with van der Waals surface area (Å²) in [5.74, 6) is -0.927. The average molecular weight is 334 g/mol. The Kier molecular flexibility index (Phi) is 3.87. The van der Waals surface area contributed by atoms with Crippen LogP contribution in [0, 0.1) is 5.92 Å². The Balaban J connectivity index is 2.24. The molecule has 96 valence electrons. The van der Waals surface area contributed by atoms with E-state index in [1.165, 1.54) is 12.0 Å². The minimum Gasteiger partial charge on any atom is -0.469 e.